The van der Waals surface area contributed by atoms with Gasteiger partial charge in [0.15, 0.2) is 0 Å². The van der Waals surface area contributed by atoms with Crippen LogP contribution in [0.25, 0.3) is 0 Å². The molecular formula is C10H14IN3O4. The van der Waals surface area contributed by atoms with Crippen LogP contribution < -0.4 is 11.4 Å². The predicted molar refractivity (Wildman–Crippen MR) is 72.2 cm³/mol. The fraction of sp³-hybridized carbons (Fsp3) is 0.600. The molecule has 100 valence electrons. The van der Waals surface area contributed by atoms with Gasteiger partial charge in [0, 0.05) is 19.7 Å². The zero-order chi connectivity index (χ0) is 13.1. The highest BCUT2D eigenvalue weighted by Gasteiger charge is 2.37. The van der Waals surface area contributed by atoms with Crippen molar-refractivity contribution in [2.75, 3.05) is 19.5 Å². The van der Waals surface area contributed by atoms with E-state index in [-0.39, 0.29) is 18.0 Å². The van der Waals surface area contributed by atoms with Gasteiger partial charge >= 0.3 is 5.69 Å². The number of anilines is 1. The summed E-state index contributed by atoms with van der Waals surface area (Å²) in [6, 6.07) is 1.56. The smallest absolute Gasteiger partial charge is 0.351 e. The highest BCUT2D eigenvalue weighted by Crippen LogP contribution is 2.31. The van der Waals surface area contributed by atoms with Crippen LogP contribution in [0.3, 0.4) is 0 Å². The van der Waals surface area contributed by atoms with E-state index in [4.69, 9.17) is 18.3 Å². The minimum Gasteiger partial charge on any atom is -0.383 e. The number of methoxy groups -OCH3 is 1. The minimum absolute atomic E-state index is 0.111. The zero-order valence-electron chi connectivity index (χ0n) is 9.78. The Bertz CT molecular complexity index is 467. The van der Waals surface area contributed by atoms with Gasteiger partial charge in [0.2, 0.25) is 0 Å². The Morgan fingerprint density at radius 3 is 3.11 bits per heavy atom. The molecule has 3 atom stereocenters. The molecule has 7 nitrogen and oxygen atoms in total. The predicted octanol–water partition coefficient (Wildman–Crippen LogP) is 0.495. The maximum Gasteiger partial charge on any atom is 0.351 e. The molecule has 0 radical (unpaired) electrons. The number of ether oxygens (including phenoxy) is 2. The fourth-order valence-electron chi connectivity index (χ4n) is 1.92. The summed E-state index contributed by atoms with van der Waals surface area (Å²) in [4.78, 5) is 15.4. The van der Waals surface area contributed by atoms with Gasteiger partial charge in [-0.2, -0.15) is 4.98 Å². The largest absolute Gasteiger partial charge is 0.383 e. The molecule has 2 N–H and O–H groups in total. The van der Waals surface area contributed by atoms with Crippen LogP contribution >= 0.6 is 23.0 Å². The maximum atomic E-state index is 11.7. The summed E-state index contributed by atoms with van der Waals surface area (Å²) < 4.78 is 17.5. The van der Waals surface area contributed by atoms with E-state index in [0.29, 0.717) is 13.0 Å². The minimum atomic E-state index is -0.426. The van der Waals surface area contributed by atoms with Crippen molar-refractivity contribution in [2.24, 2.45) is 0 Å². The first-order valence-corrected chi connectivity index (χ1v) is 6.30. The molecule has 1 unspecified atom stereocenters. The van der Waals surface area contributed by atoms with Crippen LogP contribution in [0, 0.1) is 0 Å². The van der Waals surface area contributed by atoms with Gasteiger partial charge in [0.1, 0.15) is 47.3 Å². The van der Waals surface area contributed by atoms with Crippen molar-refractivity contribution in [1.82, 2.24) is 9.55 Å². The molecule has 1 fully saturated rings. The number of nitrogens with two attached hydrogens (primary N) is 1. The van der Waals surface area contributed by atoms with E-state index in [1.54, 1.807) is 19.4 Å². The number of aromatic nitrogens is 2. The van der Waals surface area contributed by atoms with E-state index in [1.807, 2.05) is 23.0 Å². The molecule has 18 heavy (non-hydrogen) atoms. The number of hydrogen-bond donors (Lipinski definition) is 1. The third-order valence-corrected chi connectivity index (χ3v) is 3.44. The molecule has 1 aliphatic rings. The van der Waals surface area contributed by atoms with Crippen molar-refractivity contribution in [3.05, 3.63) is 22.7 Å². The van der Waals surface area contributed by atoms with Gasteiger partial charge < -0.3 is 18.3 Å². The van der Waals surface area contributed by atoms with E-state index in [1.165, 1.54) is 4.57 Å². The Labute approximate surface area is 118 Å². The molecular weight excluding hydrogens is 353 g/mol. The van der Waals surface area contributed by atoms with Gasteiger partial charge in [-0.1, -0.05) is 0 Å². The molecule has 1 saturated heterocycles. The molecule has 0 saturated carbocycles. The van der Waals surface area contributed by atoms with E-state index >= 15 is 0 Å². The van der Waals surface area contributed by atoms with Gasteiger partial charge in [-0.15, -0.1) is 0 Å². The highest BCUT2D eigenvalue weighted by molar-refractivity contribution is 14.1. The summed E-state index contributed by atoms with van der Waals surface area (Å²) in [6.07, 6.45) is 1.45. The lowest BCUT2D eigenvalue weighted by Crippen LogP contribution is -2.28. The molecule has 0 aromatic carbocycles. The number of nitrogen functional groups attached to an aromatic ring is 1. The molecule has 0 spiro atoms. The fourth-order valence-corrected chi connectivity index (χ4v) is 2.46. The van der Waals surface area contributed by atoms with E-state index in [2.05, 4.69) is 4.98 Å². The van der Waals surface area contributed by atoms with Crippen LogP contribution in [0.4, 0.5) is 5.82 Å². The Balaban J connectivity index is 2.18. The highest BCUT2D eigenvalue weighted by atomic mass is 127. The Morgan fingerprint density at radius 1 is 1.72 bits per heavy atom. The average Bonchev–Trinajstić information content (AvgIpc) is 2.72. The third kappa shape index (κ3) is 2.82. The maximum absolute atomic E-state index is 11.7. The first-order chi connectivity index (χ1) is 8.65. The first-order valence-electron chi connectivity index (χ1n) is 5.42. The van der Waals surface area contributed by atoms with Gasteiger partial charge in [-0.3, -0.25) is 4.57 Å². The molecule has 1 aromatic rings. The first kappa shape index (κ1) is 13.7. The lowest BCUT2D eigenvalue weighted by molar-refractivity contribution is -0.0468. The van der Waals surface area contributed by atoms with Crippen molar-refractivity contribution in [1.29, 1.82) is 0 Å². The summed E-state index contributed by atoms with van der Waals surface area (Å²) in [7, 11) is 1.60. The van der Waals surface area contributed by atoms with Crippen LogP contribution in [-0.4, -0.2) is 35.5 Å². The number of nitrogens with zero attached hydrogens (tertiary/aromatic N) is 2. The lowest BCUT2D eigenvalue weighted by atomic mass is 10.2. The normalized spacial score (nSPS) is 27.6. The Kier molecular flexibility index (Phi) is 4.54. The van der Waals surface area contributed by atoms with Crippen molar-refractivity contribution < 1.29 is 12.5 Å². The van der Waals surface area contributed by atoms with Gasteiger partial charge in [-0.05, 0) is 6.07 Å². The van der Waals surface area contributed by atoms with Gasteiger partial charge in [-0.25, -0.2) is 4.79 Å². The average molecular weight is 367 g/mol. The zero-order valence-corrected chi connectivity index (χ0v) is 11.9. The standard InChI is InChI=1S/C10H14IN3O4/c1-16-5-7-6(18-11)4-9(17-7)14-3-2-8(12)13-10(14)15/h2-3,6-7,9H,4-5H2,1H3,(H2,12,13,15)/t6?,7-,9-/m1/s1. The second kappa shape index (κ2) is 5.95. The van der Waals surface area contributed by atoms with Crippen molar-refractivity contribution in [3.63, 3.8) is 0 Å². The van der Waals surface area contributed by atoms with E-state index < -0.39 is 11.9 Å². The van der Waals surface area contributed by atoms with Gasteiger partial charge in [0.05, 0.1) is 6.61 Å². The summed E-state index contributed by atoms with van der Waals surface area (Å²) in [6.45, 7) is 0.418. The quantitative estimate of drug-likeness (QED) is 0.780. The monoisotopic (exact) mass is 367 g/mol. The van der Waals surface area contributed by atoms with Crippen LogP contribution in [0.5, 0.6) is 0 Å². The van der Waals surface area contributed by atoms with Crippen LogP contribution in [0.1, 0.15) is 12.6 Å². The second-order valence-electron chi connectivity index (χ2n) is 3.99. The lowest BCUT2D eigenvalue weighted by Gasteiger charge is -2.15. The molecule has 2 heterocycles. The van der Waals surface area contributed by atoms with Crippen molar-refractivity contribution in [3.8, 4) is 0 Å². The summed E-state index contributed by atoms with van der Waals surface area (Å²) in [5.74, 6) is 0.198. The second-order valence-corrected chi connectivity index (χ2v) is 4.50. The number of rotatable bonds is 4. The van der Waals surface area contributed by atoms with Crippen LogP contribution in [0.15, 0.2) is 17.1 Å². The molecule has 0 amide bonds. The third-order valence-electron chi connectivity index (χ3n) is 2.79. The summed E-state index contributed by atoms with van der Waals surface area (Å²) in [5.41, 5.74) is 5.02. The molecule has 8 heteroatoms. The van der Waals surface area contributed by atoms with Crippen LogP contribution in [0.2, 0.25) is 0 Å². The van der Waals surface area contributed by atoms with E-state index in [9.17, 15) is 4.79 Å². The molecule has 2 rings (SSSR count). The van der Waals surface area contributed by atoms with E-state index in [0.717, 1.165) is 0 Å². The topological polar surface area (TPSA) is 88.6 Å². The van der Waals surface area contributed by atoms with Crippen LogP contribution in [-0.2, 0) is 12.5 Å². The number of hydrogen-bond acceptors (Lipinski definition) is 6. The van der Waals surface area contributed by atoms with Crippen molar-refractivity contribution >= 4 is 28.8 Å². The SMILES string of the molecule is COC[C@H]1O[C@@H](n2ccc(N)nc2=O)CC1OI. The molecule has 0 aliphatic carbocycles. The Morgan fingerprint density at radius 2 is 2.50 bits per heavy atom. The molecule has 0 bridgehead atoms. The van der Waals surface area contributed by atoms with Gasteiger partial charge in [0.25, 0.3) is 0 Å². The summed E-state index contributed by atoms with van der Waals surface area (Å²) >= 11 is 1.83. The summed E-state index contributed by atoms with van der Waals surface area (Å²) in [5, 5.41) is 0. The molecule has 1 aliphatic heterocycles. The number of halogens is 1. The Hall–Kier alpha value is -0.710. The molecule has 1 aromatic heterocycles. The van der Waals surface area contributed by atoms with Crippen molar-refractivity contribution in [2.45, 2.75) is 24.9 Å².